The molecule has 0 fully saturated rings. The fourth-order valence-electron chi connectivity index (χ4n) is 1.18. The first kappa shape index (κ1) is 11.7. The Hall–Kier alpha value is -1.42. The van der Waals surface area contributed by atoms with Gasteiger partial charge in [0.1, 0.15) is 18.0 Å². The van der Waals surface area contributed by atoms with Gasteiger partial charge in [0.05, 0.1) is 0 Å². The molecule has 15 heavy (non-hydrogen) atoms. The van der Waals surface area contributed by atoms with E-state index in [1.54, 1.807) is 6.34 Å². The molecule has 1 aliphatic rings. The average molecular weight is 206 g/mol. The Kier molecular flexibility index (Phi) is 3.80. The molecule has 4 heteroatoms. The van der Waals surface area contributed by atoms with Crippen molar-refractivity contribution in [3.63, 3.8) is 0 Å². The number of hydrogen-bond acceptors (Lipinski definition) is 4. The molecular weight excluding hydrogens is 188 g/mol. The molecule has 0 bridgehead atoms. The summed E-state index contributed by atoms with van der Waals surface area (Å²) in [4.78, 5) is 8.27. The van der Waals surface area contributed by atoms with Crippen molar-refractivity contribution in [1.29, 1.82) is 0 Å². The van der Waals surface area contributed by atoms with Gasteiger partial charge in [-0.05, 0) is 19.9 Å². The molecule has 4 nitrogen and oxygen atoms in total. The smallest absolute Gasteiger partial charge is 0.150 e. The summed E-state index contributed by atoms with van der Waals surface area (Å²) in [6.07, 6.45) is 5.42. The van der Waals surface area contributed by atoms with Gasteiger partial charge in [-0.1, -0.05) is 25.5 Å². The SMILES string of the molecule is CC(C)=C/C=C1/N=CN=C(C(C)C)N1N. The quantitative estimate of drug-likeness (QED) is 0.703. The Morgan fingerprint density at radius 2 is 2.13 bits per heavy atom. The molecule has 1 heterocycles. The van der Waals surface area contributed by atoms with Crippen LogP contribution >= 0.6 is 0 Å². The maximum Gasteiger partial charge on any atom is 0.150 e. The molecular formula is C11H18N4. The van der Waals surface area contributed by atoms with E-state index in [0.29, 0.717) is 0 Å². The lowest BCUT2D eigenvalue weighted by Crippen LogP contribution is -2.40. The molecule has 0 saturated heterocycles. The number of hydrazine groups is 1. The minimum atomic E-state index is 0.289. The van der Waals surface area contributed by atoms with Crippen LogP contribution < -0.4 is 5.84 Å². The zero-order chi connectivity index (χ0) is 11.4. The Morgan fingerprint density at radius 3 is 2.67 bits per heavy atom. The van der Waals surface area contributed by atoms with Gasteiger partial charge in [-0.15, -0.1) is 0 Å². The van der Waals surface area contributed by atoms with E-state index in [-0.39, 0.29) is 5.92 Å². The first-order chi connectivity index (χ1) is 7.02. The summed E-state index contributed by atoms with van der Waals surface area (Å²) in [5, 5.41) is 1.53. The van der Waals surface area contributed by atoms with Crippen LogP contribution in [0, 0.1) is 5.92 Å². The number of nitrogens with two attached hydrogens (primary N) is 1. The van der Waals surface area contributed by atoms with Gasteiger partial charge in [-0.25, -0.2) is 20.8 Å². The Labute approximate surface area is 90.9 Å². The van der Waals surface area contributed by atoms with Crippen LogP contribution in [0.1, 0.15) is 27.7 Å². The second kappa shape index (κ2) is 4.89. The maximum atomic E-state index is 5.90. The number of nitrogens with zero attached hydrogens (tertiary/aromatic N) is 3. The molecule has 2 N–H and O–H groups in total. The fraction of sp³-hybridized carbons (Fsp3) is 0.455. The van der Waals surface area contributed by atoms with Gasteiger partial charge in [-0.2, -0.15) is 0 Å². The van der Waals surface area contributed by atoms with Crippen LogP contribution in [0.25, 0.3) is 0 Å². The summed E-state index contributed by atoms with van der Waals surface area (Å²) in [6.45, 7) is 8.16. The lowest BCUT2D eigenvalue weighted by molar-refractivity contribution is 0.502. The van der Waals surface area contributed by atoms with Crippen molar-refractivity contribution < 1.29 is 0 Å². The van der Waals surface area contributed by atoms with E-state index < -0.39 is 0 Å². The second-order valence-corrected chi connectivity index (χ2v) is 4.03. The fourth-order valence-corrected chi connectivity index (χ4v) is 1.18. The van der Waals surface area contributed by atoms with Gasteiger partial charge in [0.25, 0.3) is 0 Å². The number of aliphatic imine (C=N–C) groups is 2. The van der Waals surface area contributed by atoms with Crippen molar-refractivity contribution in [2.75, 3.05) is 0 Å². The average Bonchev–Trinajstić information content (AvgIpc) is 2.15. The molecule has 0 radical (unpaired) electrons. The van der Waals surface area contributed by atoms with Gasteiger partial charge in [-0.3, -0.25) is 0 Å². The van der Waals surface area contributed by atoms with E-state index in [9.17, 15) is 0 Å². The number of amidine groups is 1. The zero-order valence-electron chi connectivity index (χ0n) is 9.73. The maximum absolute atomic E-state index is 5.90. The van der Waals surface area contributed by atoms with Crippen molar-refractivity contribution in [2.45, 2.75) is 27.7 Å². The summed E-state index contributed by atoms with van der Waals surface area (Å²) in [7, 11) is 0. The summed E-state index contributed by atoms with van der Waals surface area (Å²) < 4.78 is 0. The van der Waals surface area contributed by atoms with Gasteiger partial charge in [0.15, 0.2) is 0 Å². The topological polar surface area (TPSA) is 54.0 Å². The van der Waals surface area contributed by atoms with Crippen molar-refractivity contribution in [2.24, 2.45) is 21.7 Å². The number of rotatable bonds is 2. The molecule has 0 aromatic heterocycles. The van der Waals surface area contributed by atoms with Crippen molar-refractivity contribution in [3.05, 3.63) is 23.5 Å². The van der Waals surface area contributed by atoms with E-state index in [0.717, 1.165) is 11.7 Å². The highest BCUT2D eigenvalue weighted by Crippen LogP contribution is 2.12. The van der Waals surface area contributed by atoms with Crippen molar-refractivity contribution in [1.82, 2.24) is 5.01 Å². The largest absolute Gasteiger partial charge is 0.248 e. The summed E-state index contributed by atoms with van der Waals surface area (Å²) >= 11 is 0. The summed E-state index contributed by atoms with van der Waals surface area (Å²) in [5.74, 6) is 7.74. The van der Waals surface area contributed by atoms with Gasteiger partial charge in [0.2, 0.25) is 0 Å². The standard InChI is InChI=1S/C11H18N4/c1-8(2)5-6-10-13-7-14-11(9(3)4)15(10)12/h5-7,9H,12H2,1-4H3/b10-6-. The van der Waals surface area contributed by atoms with Crippen LogP contribution in [0.2, 0.25) is 0 Å². The highest BCUT2D eigenvalue weighted by Gasteiger charge is 2.16. The van der Waals surface area contributed by atoms with Gasteiger partial charge >= 0.3 is 0 Å². The van der Waals surface area contributed by atoms with E-state index in [2.05, 4.69) is 23.8 Å². The Morgan fingerprint density at radius 1 is 1.47 bits per heavy atom. The Bertz CT molecular complexity index is 344. The van der Waals surface area contributed by atoms with Crippen LogP contribution in [-0.4, -0.2) is 17.2 Å². The minimum absolute atomic E-state index is 0.289. The zero-order valence-corrected chi connectivity index (χ0v) is 9.73. The van der Waals surface area contributed by atoms with Crippen molar-refractivity contribution >= 4 is 12.2 Å². The van der Waals surface area contributed by atoms with E-state index in [4.69, 9.17) is 5.84 Å². The highest BCUT2D eigenvalue weighted by molar-refractivity contribution is 5.92. The third-order valence-electron chi connectivity index (χ3n) is 1.96. The molecule has 0 aromatic carbocycles. The molecule has 82 valence electrons. The van der Waals surface area contributed by atoms with Gasteiger partial charge < -0.3 is 0 Å². The normalized spacial score (nSPS) is 18.4. The first-order valence-electron chi connectivity index (χ1n) is 5.02. The molecule has 0 saturated carbocycles. The van der Waals surface area contributed by atoms with Crippen LogP contribution in [0.3, 0.4) is 0 Å². The monoisotopic (exact) mass is 206 g/mol. The number of allylic oxidation sites excluding steroid dienone is 3. The molecule has 0 amide bonds. The lowest BCUT2D eigenvalue weighted by atomic mass is 10.2. The van der Waals surface area contributed by atoms with Gasteiger partial charge in [0, 0.05) is 5.92 Å². The predicted octanol–water partition coefficient (Wildman–Crippen LogP) is 2.07. The number of hydrogen-bond donors (Lipinski definition) is 1. The first-order valence-corrected chi connectivity index (χ1v) is 5.02. The van der Waals surface area contributed by atoms with E-state index in [1.807, 2.05) is 26.0 Å². The molecule has 1 aliphatic heterocycles. The molecule has 0 unspecified atom stereocenters. The second-order valence-electron chi connectivity index (χ2n) is 4.03. The molecule has 1 rings (SSSR count). The van der Waals surface area contributed by atoms with E-state index >= 15 is 0 Å². The third kappa shape index (κ3) is 3.02. The Balaban J connectivity index is 2.90. The molecule has 0 spiro atoms. The van der Waals surface area contributed by atoms with E-state index in [1.165, 1.54) is 10.6 Å². The molecule has 0 aliphatic carbocycles. The predicted molar refractivity (Wildman–Crippen MR) is 64.3 cm³/mol. The third-order valence-corrected chi connectivity index (χ3v) is 1.96. The van der Waals surface area contributed by atoms with Crippen LogP contribution in [0.15, 0.2) is 33.5 Å². The molecule has 0 atom stereocenters. The van der Waals surface area contributed by atoms with Crippen LogP contribution in [-0.2, 0) is 0 Å². The van der Waals surface area contributed by atoms with Crippen molar-refractivity contribution in [3.8, 4) is 0 Å². The summed E-state index contributed by atoms with van der Waals surface area (Å²) in [5.41, 5.74) is 1.21. The van der Waals surface area contributed by atoms with Crippen LogP contribution in [0.5, 0.6) is 0 Å². The summed E-state index contributed by atoms with van der Waals surface area (Å²) in [6, 6.07) is 0. The lowest BCUT2D eigenvalue weighted by Gasteiger charge is -2.24. The highest BCUT2D eigenvalue weighted by atomic mass is 15.5. The molecule has 0 aromatic rings. The minimum Gasteiger partial charge on any atom is -0.248 e. The van der Waals surface area contributed by atoms with Crippen LogP contribution in [0.4, 0.5) is 0 Å².